The number of carboxylic acids is 1. The molecule has 0 aromatic heterocycles. The van der Waals surface area contributed by atoms with Gasteiger partial charge in [0.05, 0.1) is 17.8 Å². The van der Waals surface area contributed by atoms with Crippen molar-refractivity contribution in [2.24, 2.45) is 0 Å². The Labute approximate surface area is 121 Å². The van der Waals surface area contributed by atoms with Gasteiger partial charge in [-0.25, -0.2) is 9.18 Å². The van der Waals surface area contributed by atoms with E-state index in [-0.39, 0.29) is 5.56 Å². The summed E-state index contributed by atoms with van der Waals surface area (Å²) < 4.78 is 18.8. The summed E-state index contributed by atoms with van der Waals surface area (Å²) in [5, 5.41) is 9.20. The van der Waals surface area contributed by atoms with Crippen LogP contribution in [0.15, 0.2) is 42.5 Å². The minimum absolute atomic E-state index is 0.000951. The zero-order valence-corrected chi connectivity index (χ0v) is 11.3. The highest BCUT2D eigenvalue weighted by Crippen LogP contribution is 2.32. The third kappa shape index (κ3) is 2.67. The Morgan fingerprint density at radius 1 is 1.29 bits per heavy atom. The fourth-order valence-electron chi connectivity index (χ4n) is 2.48. The van der Waals surface area contributed by atoms with E-state index in [1.165, 1.54) is 12.1 Å². The normalized spacial score (nSPS) is 13.5. The van der Waals surface area contributed by atoms with E-state index >= 15 is 0 Å². The van der Waals surface area contributed by atoms with Gasteiger partial charge in [-0.1, -0.05) is 18.2 Å². The number of rotatable bonds is 3. The van der Waals surface area contributed by atoms with Crippen molar-refractivity contribution < 1.29 is 19.0 Å². The molecule has 0 bridgehead atoms. The maximum Gasteiger partial charge on any atom is 0.336 e. The van der Waals surface area contributed by atoms with Crippen molar-refractivity contribution in [3.63, 3.8) is 0 Å². The Bertz CT molecular complexity index is 687. The summed E-state index contributed by atoms with van der Waals surface area (Å²) in [4.78, 5) is 13.3. The first-order valence-corrected chi connectivity index (χ1v) is 6.63. The van der Waals surface area contributed by atoms with Crippen LogP contribution >= 0.6 is 0 Å². The summed E-state index contributed by atoms with van der Waals surface area (Å²) in [5.41, 5.74) is 1.50. The number of nitrogens with zero attached hydrogens (tertiary/aromatic N) is 1. The van der Waals surface area contributed by atoms with Crippen molar-refractivity contribution >= 4 is 11.7 Å². The molecule has 4 nitrogen and oxygen atoms in total. The molecule has 2 aromatic carbocycles. The number of ether oxygens (including phenoxy) is 1. The first-order chi connectivity index (χ1) is 10.1. The van der Waals surface area contributed by atoms with Crippen LogP contribution in [0.1, 0.15) is 15.9 Å². The van der Waals surface area contributed by atoms with Crippen LogP contribution in [0.25, 0.3) is 0 Å². The summed E-state index contributed by atoms with van der Waals surface area (Å²) in [7, 11) is 0. The first kappa shape index (κ1) is 13.4. The van der Waals surface area contributed by atoms with Crippen LogP contribution in [0.2, 0.25) is 0 Å². The Morgan fingerprint density at radius 3 is 2.90 bits per heavy atom. The molecule has 0 atom stereocenters. The molecule has 0 radical (unpaired) electrons. The lowest BCUT2D eigenvalue weighted by molar-refractivity contribution is 0.0695. The van der Waals surface area contributed by atoms with Crippen molar-refractivity contribution in [2.45, 2.75) is 6.54 Å². The van der Waals surface area contributed by atoms with Crippen molar-refractivity contribution in [3.05, 3.63) is 59.4 Å². The monoisotopic (exact) mass is 287 g/mol. The van der Waals surface area contributed by atoms with E-state index in [1.54, 1.807) is 0 Å². The van der Waals surface area contributed by atoms with Crippen molar-refractivity contribution in [3.8, 4) is 5.75 Å². The van der Waals surface area contributed by atoms with Gasteiger partial charge in [-0.2, -0.15) is 0 Å². The van der Waals surface area contributed by atoms with E-state index in [2.05, 4.69) is 0 Å². The van der Waals surface area contributed by atoms with Crippen LogP contribution < -0.4 is 9.64 Å². The zero-order chi connectivity index (χ0) is 14.8. The molecule has 0 amide bonds. The topological polar surface area (TPSA) is 49.8 Å². The Balaban J connectivity index is 1.93. The van der Waals surface area contributed by atoms with Crippen molar-refractivity contribution in [1.82, 2.24) is 0 Å². The molecule has 3 rings (SSSR count). The highest BCUT2D eigenvalue weighted by molar-refractivity contribution is 5.89. The Kier molecular flexibility index (Phi) is 3.48. The van der Waals surface area contributed by atoms with E-state index in [1.807, 2.05) is 29.2 Å². The number of para-hydroxylation sites is 2. The SMILES string of the molecule is O=C(O)c1cc(F)ccc1CN1CCOc2ccccc21. The average molecular weight is 287 g/mol. The molecule has 0 saturated carbocycles. The number of carboxylic acid groups (broad SMARTS) is 1. The van der Waals surface area contributed by atoms with Gasteiger partial charge in [-0.05, 0) is 29.8 Å². The lowest BCUT2D eigenvalue weighted by Crippen LogP contribution is -2.32. The van der Waals surface area contributed by atoms with Crippen LogP contribution in [0, 0.1) is 5.82 Å². The van der Waals surface area contributed by atoms with Gasteiger partial charge in [0, 0.05) is 6.54 Å². The molecule has 2 aromatic rings. The quantitative estimate of drug-likeness (QED) is 0.943. The molecule has 1 N–H and O–H groups in total. The van der Waals surface area contributed by atoms with E-state index in [0.717, 1.165) is 17.5 Å². The minimum atomic E-state index is -1.12. The molecule has 108 valence electrons. The van der Waals surface area contributed by atoms with Crippen LogP contribution in [0.5, 0.6) is 5.75 Å². The van der Waals surface area contributed by atoms with Gasteiger partial charge >= 0.3 is 5.97 Å². The second-order valence-electron chi connectivity index (χ2n) is 4.84. The average Bonchev–Trinajstić information content (AvgIpc) is 2.49. The van der Waals surface area contributed by atoms with Crippen LogP contribution in [0.3, 0.4) is 0 Å². The molecule has 0 saturated heterocycles. The lowest BCUT2D eigenvalue weighted by atomic mass is 10.1. The van der Waals surface area contributed by atoms with E-state index in [4.69, 9.17) is 4.74 Å². The summed E-state index contributed by atoms with van der Waals surface area (Å²) in [6, 6.07) is 11.5. The third-order valence-corrected chi connectivity index (χ3v) is 3.49. The molecule has 0 aliphatic carbocycles. The molecule has 1 heterocycles. The molecule has 0 spiro atoms. The highest BCUT2D eigenvalue weighted by atomic mass is 19.1. The molecule has 1 aliphatic rings. The number of anilines is 1. The van der Waals surface area contributed by atoms with Crippen LogP contribution in [-0.4, -0.2) is 24.2 Å². The third-order valence-electron chi connectivity index (χ3n) is 3.49. The van der Waals surface area contributed by atoms with Crippen LogP contribution in [-0.2, 0) is 6.54 Å². The maximum absolute atomic E-state index is 13.2. The van der Waals surface area contributed by atoms with Gasteiger partial charge in [0.25, 0.3) is 0 Å². The van der Waals surface area contributed by atoms with E-state index in [0.29, 0.717) is 25.3 Å². The summed E-state index contributed by atoms with van der Waals surface area (Å²) in [5.74, 6) is -0.882. The van der Waals surface area contributed by atoms with Gasteiger partial charge in [-0.15, -0.1) is 0 Å². The predicted molar refractivity (Wildman–Crippen MR) is 76.3 cm³/mol. The van der Waals surface area contributed by atoms with Crippen LogP contribution in [0.4, 0.5) is 10.1 Å². The second kappa shape index (κ2) is 5.44. The molecule has 0 fully saturated rings. The summed E-state index contributed by atoms with van der Waals surface area (Å²) >= 11 is 0. The first-order valence-electron chi connectivity index (χ1n) is 6.63. The van der Waals surface area contributed by atoms with Crippen molar-refractivity contribution in [1.29, 1.82) is 0 Å². The number of carbonyl (C=O) groups is 1. The fourth-order valence-corrected chi connectivity index (χ4v) is 2.48. The maximum atomic E-state index is 13.2. The van der Waals surface area contributed by atoms with Gasteiger partial charge in [-0.3, -0.25) is 0 Å². The minimum Gasteiger partial charge on any atom is -0.490 e. The number of benzene rings is 2. The predicted octanol–water partition coefficient (Wildman–Crippen LogP) is 2.92. The molecule has 21 heavy (non-hydrogen) atoms. The Hall–Kier alpha value is -2.56. The van der Waals surface area contributed by atoms with Crippen molar-refractivity contribution in [2.75, 3.05) is 18.1 Å². The number of fused-ring (bicyclic) bond motifs is 1. The molecule has 0 unspecified atom stereocenters. The zero-order valence-electron chi connectivity index (χ0n) is 11.3. The summed E-state index contributed by atoms with van der Waals surface area (Å²) in [6.45, 7) is 1.61. The fraction of sp³-hybridized carbons (Fsp3) is 0.188. The van der Waals surface area contributed by atoms with Gasteiger partial charge in [0.1, 0.15) is 18.2 Å². The smallest absolute Gasteiger partial charge is 0.336 e. The lowest BCUT2D eigenvalue weighted by Gasteiger charge is -2.31. The van der Waals surface area contributed by atoms with Gasteiger partial charge in [0.2, 0.25) is 0 Å². The number of aromatic carboxylic acids is 1. The molecular formula is C16H14FNO3. The highest BCUT2D eigenvalue weighted by Gasteiger charge is 2.20. The van der Waals surface area contributed by atoms with E-state index < -0.39 is 11.8 Å². The standard InChI is InChI=1S/C16H14FNO3/c17-12-6-5-11(13(9-12)16(19)20)10-18-7-8-21-15-4-2-1-3-14(15)18/h1-6,9H,7-8,10H2,(H,19,20). The molecule has 1 aliphatic heterocycles. The largest absolute Gasteiger partial charge is 0.490 e. The van der Waals surface area contributed by atoms with Gasteiger partial charge < -0.3 is 14.7 Å². The molecular weight excluding hydrogens is 273 g/mol. The van der Waals surface area contributed by atoms with Gasteiger partial charge in [0.15, 0.2) is 0 Å². The molecule has 5 heteroatoms. The number of halogens is 1. The second-order valence-corrected chi connectivity index (χ2v) is 4.84. The van der Waals surface area contributed by atoms with E-state index in [9.17, 15) is 14.3 Å². The Morgan fingerprint density at radius 2 is 2.10 bits per heavy atom. The number of hydrogen-bond acceptors (Lipinski definition) is 3. The number of hydrogen-bond donors (Lipinski definition) is 1. The summed E-state index contributed by atoms with van der Waals surface area (Å²) in [6.07, 6.45) is 0.